The Hall–Kier alpha value is -3.10. The average Bonchev–Trinajstić information content (AvgIpc) is 2.77. The minimum Gasteiger partial charge on any atom is -0.497 e. The van der Waals surface area contributed by atoms with Crippen molar-refractivity contribution in [2.24, 2.45) is 0 Å². The van der Waals surface area contributed by atoms with Gasteiger partial charge in [-0.25, -0.2) is 0 Å². The first-order valence-corrected chi connectivity index (χ1v) is 10.0. The normalized spacial score (nSPS) is 13.8. The number of benzene rings is 2. The number of halogens is 1. The summed E-state index contributed by atoms with van der Waals surface area (Å²) in [5.41, 5.74) is 2.67. The number of rotatable bonds is 6. The molecule has 0 unspecified atom stereocenters. The van der Waals surface area contributed by atoms with Crippen molar-refractivity contribution in [3.05, 3.63) is 53.1 Å². The van der Waals surface area contributed by atoms with Crippen LogP contribution in [0.25, 0.3) is 0 Å². The molecule has 8 nitrogen and oxygen atoms in total. The van der Waals surface area contributed by atoms with E-state index in [4.69, 9.17) is 21.1 Å². The highest BCUT2D eigenvalue weighted by Crippen LogP contribution is 2.27. The van der Waals surface area contributed by atoms with Crippen LogP contribution in [0.4, 0.5) is 29.2 Å². The molecule has 9 heteroatoms. The van der Waals surface area contributed by atoms with Gasteiger partial charge in [0.25, 0.3) is 0 Å². The number of nitrogens with one attached hydrogen (secondary N) is 2. The van der Waals surface area contributed by atoms with E-state index in [9.17, 15) is 0 Å². The average molecular weight is 427 g/mol. The van der Waals surface area contributed by atoms with Crippen LogP contribution >= 0.6 is 11.6 Å². The van der Waals surface area contributed by atoms with Gasteiger partial charge in [0, 0.05) is 18.8 Å². The predicted octanol–water partition coefficient (Wildman–Crippen LogP) is 4.17. The Morgan fingerprint density at radius 3 is 2.37 bits per heavy atom. The molecule has 2 aromatic carbocycles. The quantitative estimate of drug-likeness (QED) is 0.607. The maximum absolute atomic E-state index is 6.34. The minimum atomic E-state index is 0.412. The maximum Gasteiger partial charge on any atom is 0.233 e. The molecule has 2 N–H and O–H groups in total. The third kappa shape index (κ3) is 4.90. The maximum atomic E-state index is 6.34. The van der Waals surface area contributed by atoms with E-state index in [2.05, 4.69) is 30.5 Å². The Bertz CT molecular complexity index is 1010. The Labute approximate surface area is 180 Å². The van der Waals surface area contributed by atoms with E-state index in [1.807, 2.05) is 49.4 Å². The third-order valence-corrected chi connectivity index (χ3v) is 4.96. The number of aryl methyl sites for hydroxylation is 1. The summed E-state index contributed by atoms with van der Waals surface area (Å²) >= 11 is 6.34. The largest absolute Gasteiger partial charge is 0.497 e. The highest BCUT2D eigenvalue weighted by Gasteiger charge is 2.17. The van der Waals surface area contributed by atoms with Gasteiger partial charge in [-0.15, -0.1) is 0 Å². The summed E-state index contributed by atoms with van der Waals surface area (Å²) in [4.78, 5) is 15.8. The summed E-state index contributed by atoms with van der Waals surface area (Å²) in [6.07, 6.45) is 0. The van der Waals surface area contributed by atoms with Crippen molar-refractivity contribution in [3.63, 3.8) is 0 Å². The number of anilines is 5. The van der Waals surface area contributed by atoms with Gasteiger partial charge < -0.3 is 25.0 Å². The number of ether oxygens (including phenoxy) is 2. The summed E-state index contributed by atoms with van der Waals surface area (Å²) in [7, 11) is 1.64. The molecule has 30 heavy (non-hydrogen) atoms. The van der Waals surface area contributed by atoms with Crippen LogP contribution in [0, 0.1) is 6.92 Å². The summed E-state index contributed by atoms with van der Waals surface area (Å²) < 4.78 is 10.7. The lowest BCUT2D eigenvalue weighted by molar-refractivity contribution is 0.122. The van der Waals surface area contributed by atoms with Gasteiger partial charge in [0.1, 0.15) is 5.75 Å². The smallest absolute Gasteiger partial charge is 0.233 e. The van der Waals surface area contributed by atoms with Crippen molar-refractivity contribution in [1.29, 1.82) is 0 Å². The molecular weight excluding hydrogens is 404 g/mol. The zero-order chi connectivity index (χ0) is 20.9. The van der Waals surface area contributed by atoms with Crippen LogP contribution in [0.15, 0.2) is 42.5 Å². The summed E-state index contributed by atoms with van der Waals surface area (Å²) in [5.74, 6) is 2.20. The first-order valence-electron chi connectivity index (χ1n) is 9.64. The lowest BCUT2D eigenvalue weighted by atomic mass is 10.2. The van der Waals surface area contributed by atoms with Crippen LogP contribution in [0.2, 0.25) is 5.02 Å². The standard InChI is InChI=1S/C21H23ClN6O2/c1-14-3-8-17(22)18(13-14)24-20-25-19(23-15-4-6-16(29-2)7-5-15)26-21(27-20)28-9-11-30-12-10-28/h3-8,13H,9-12H2,1-2H3,(H2,23,24,25,26,27). The van der Waals surface area contributed by atoms with Gasteiger partial charge in [-0.05, 0) is 48.9 Å². The number of nitrogens with zero attached hydrogens (tertiary/aromatic N) is 4. The molecular formula is C21H23ClN6O2. The zero-order valence-electron chi connectivity index (χ0n) is 16.9. The van der Waals surface area contributed by atoms with Crippen molar-refractivity contribution in [3.8, 4) is 5.75 Å². The van der Waals surface area contributed by atoms with Crippen molar-refractivity contribution in [2.75, 3.05) is 48.9 Å². The fraction of sp³-hybridized carbons (Fsp3) is 0.286. The molecule has 3 aromatic rings. The second-order valence-corrected chi connectivity index (χ2v) is 7.25. The summed E-state index contributed by atoms with van der Waals surface area (Å²) in [6.45, 7) is 4.72. The Morgan fingerprint density at radius 1 is 0.967 bits per heavy atom. The zero-order valence-corrected chi connectivity index (χ0v) is 17.6. The monoisotopic (exact) mass is 426 g/mol. The lowest BCUT2D eigenvalue weighted by Gasteiger charge is -2.27. The summed E-state index contributed by atoms with van der Waals surface area (Å²) in [6, 6.07) is 13.3. The van der Waals surface area contributed by atoms with Crippen molar-refractivity contribution < 1.29 is 9.47 Å². The molecule has 0 bridgehead atoms. The fourth-order valence-corrected chi connectivity index (χ4v) is 3.20. The van der Waals surface area contributed by atoms with Gasteiger partial charge in [0.2, 0.25) is 17.8 Å². The van der Waals surface area contributed by atoms with Crippen LogP contribution in [-0.4, -0.2) is 48.4 Å². The van der Waals surface area contributed by atoms with E-state index in [-0.39, 0.29) is 0 Å². The minimum absolute atomic E-state index is 0.412. The van der Waals surface area contributed by atoms with Crippen molar-refractivity contribution >= 4 is 40.8 Å². The number of methoxy groups -OCH3 is 1. The second-order valence-electron chi connectivity index (χ2n) is 6.84. The highest BCUT2D eigenvalue weighted by atomic mass is 35.5. The van der Waals surface area contributed by atoms with E-state index in [1.54, 1.807) is 7.11 Å². The molecule has 0 aliphatic carbocycles. The van der Waals surface area contributed by atoms with E-state index >= 15 is 0 Å². The highest BCUT2D eigenvalue weighted by molar-refractivity contribution is 6.33. The van der Waals surface area contributed by atoms with Crippen molar-refractivity contribution in [1.82, 2.24) is 15.0 Å². The number of aromatic nitrogens is 3. The van der Waals surface area contributed by atoms with Crippen LogP contribution in [0.5, 0.6) is 5.75 Å². The third-order valence-electron chi connectivity index (χ3n) is 4.63. The van der Waals surface area contributed by atoms with Crippen LogP contribution < -0.4 is 20.3 Å². The molecule has 156 valence electrons. The van der Waals surface area contributed by atoms with Gasteiger partial charge in [0.05, 0.1) is 31.0 Å². The first kappa shape index (κ1) is 20.2. The fourth-order valence-electron chi connectivity index (χ4n) is 3.04. The SMILES string of the molecule is COc1ccc(Nc2nc(Nc3cc(C)ccc3Cl)nc(N3CCOCC3)n2)cc1. The number of morpholine rings is 1. The van der Waals surface area contributed by atoms with Gasteiger partial charge in [-0.1, -0.05) is 17.7 Å². The van der Waals surface area contributed by atoms with Crippen molar-refractivity contribution in [2.45, 2.75) is 6.92 Å². The van der Waals surface area contributed by atoms with E-state index in [0.29, 0.717) is 36.1 Å². The van der Waals surface area contributed by atoms with E-state index in [1.165, 1.54) is 0 Å². The van der Waals surface area contributed by atoms with E-state index in [0.717, 1.165) is 35.8 Å². The molecule has 2 heterocycles. The second kappa shape index (κ2) is 9.15. The topological polar surface area (TPSA) is 84.4 Å². The Morgan fingerprint density at radius 2 is 1.67 bits per heavy atom. The molecule has 1 aliphatic rings. The Balaban J connectivity index is 1.65. The molecule has 1 aromatic heterocycles. The molecule has 4 rings (SSSR count). The van der Waals surface area contributed by atoms with E-state index < -0.39 is 0 Å². The van der Waals surface area contributed by atoms with Gasteiger partial charge in [-0.2, -0.15) is 15.0 Å². The van der Waals surface area contributed by atoms with Gasteiger partial charge >= 0.3 is 0 Å². The van der Waals surface area contributed by atoms with Crippen LogP contribution in [-0.2, 0) is 4.74 Å². The number of hydrogen-bond donors (Lipinski definition) is 2. The molecule has 0 atom stereocenters. The molecule has 0 radical (unpaired) electrons. The molecule has 1 fully saturated rings. The van der Waals surface area contributed by atoms with Crippen LogP contribution in [0.3, 0.4) is 0 Å². The Kier molecular flexibility index (Phi) is 6.15. The number of hydrogen-bond acceptors (Lipinski definition) is 8. The molecule has 1 aliphatic heterocycles. The first-order chi connectivity index (χ1) is 14.6. The molecule has 0 spiro atoms. The molecule has 0 saturated carbocycles. The predicted molar refractivity (Wildman–Crippen MR) is 119 cm³/mol. The van der Waals surface area contributed by atoms with Crippen LogP contribution in [0.1, 0.15) is 5.56 Å². The molecule has 0 amide bonds. The summed E-state index contributed by atoms with van der Waals surface area (Å²) in [5, 5.41) is 7.06. The molecule has 1 saturated heterocycles. The lowest BCUT2D eigenvalue weighted by Crippen LogP contribution is -2.37. The van der Waals surface area contributed by atoms with Gasteiger partial charge in [0.15, 0.2) is 0 Å². The van der Waals surface area contributed by atoms with Gasteiger partial charge in [-0.3, -0.25) is 0 Å².